The van der Waals surface area contributed by atoms with Crippen LogP contribution in [0.25, 0.3) is 0 Å². The van der Waals surface area contributed by atoms with Gasteiger partial charge in [0.25, 0.3) is 0 Å². The summed E-state index contributed by atoms with van der Waals surface area (Å²) >= 11 is 0. The molecule has 6 N–H and O–H groups in total. The second-order valence-corrected chi connectivity index (χ2v) is 12.7. The summed E-state index contributed by atoms with van der Waals surface area (Å²) in [6.45, 7) is 2.94. The van der Waals surface area contributed by atoms with Crippen molar-refractivity contribution in [3.8, 4) is 0 Å². The quantitative estimate of drug-likeness (QED) is 0.0509. The SMILES string of the molecule is CCCCCCCCCCCCCCC(=O)OC(COC(=O)CCCC)COP(=O)(O)OC1C(O)C(O)C(O)C(O)C1O. The summed E-state index contributed by atoms with van der Waals surface area (Å²) < 4.78 is 32.7. The highest BCUT2D eigenvalue weighted by Crippen LogP contribution is 2.47. The number of hydrogen-bond acceptors (Lipinski definition) is 12. The van der Waals surface area contributed by atoms with Crippen LogP contribution in [0.2, 0.25) is 0 Å². The summed E-state index contributed by atoms with van der Waals surface area (Å²) in [6, 6.07) is 0. The van der Waals surface area contributed by atoms with Gasteiger partial charge in [0.05, 0.1) is 6.61 Å². The van der Waals surface area contributed by atoms with E-state index in [-0.39, 0.29) is 12.8 Å². The van der Waals surface area contributed by atoms with E-state index in [0.29, 0.717) is 12.8 Å². The summed E-state index contributed by atoms with van der Waals surface area (Å²) in [5, 5.41) is 49.4. The molecule has 0 radical (unpaired) electrons. The van der Waals surface area contributed by atoms with E-state index >= 15 is 0 Å². The molecule has 1 saturated carbocycles. The van der Waals surface area contributed by atoms with Crippen molar-refractivity contribution in [2.24, 2.45) is 0 Å². The maximum Gasteiger partial charge on any atom is 0.472 e. The van der Waals surface area contributed by atoms with Crippen LogP contribution in [0, 0.1) is 0 Å². The highest BCUT2D eigenvalue weighted by atomic mass is 31.2. The molecule has 1 fully saturated rings. The number of hydrogen-bond donors (Lipinski definition) is 6. The normalized spacial score (nSPS) is 26.0. The number of esters is 2. The second kappa shape index (κ2) is 22.4. The first-order chi connectivity index (χ1) is 20.4. The molecule has 6 unspecified atom stereocenters. The molecule has 0 aliphatic heterocycles. The first-order valence-electron chi connectivity index (χ1n) is 15.8. The first-order valence-corrected chi connectivity index (χ1v) is 17.3. The average molecular weight is 643 g/mol. The molecule has 0 saturated heterocycles. The van der Waals surface area contributed by atoms with Gasteiger partial charge in [0.2, 0.25) is 0 Å². The maximum absolute atomic E-state index is 12.5. The van der Waals surface area contributed by atoms with Gasteiger partial charge in [0, 0.05) is 12.8 Å². The molecule has 0 aromatic rings. The van der Waals surface area contributed by atoms with E-state index in [9.17, 15) is 44.6 Å². The Morgan fingerprint density at radius 2 is 1.07 bits per heavy atom. The van der Waals surface area contributed by atoms with Gasteiger partial charge < -0.3 is 39.9 Å². The Hall–Kier alpha value is -1.15. The molecule has 254 valence electrons. The number of aliphatic hydroxyl groups is 5. The third kappa shape index (κ3) is 16.7. The first kappa shape index (κ1) is 39.9. The monoisotopic (exact) mass is 642 g/mol. The third-order valence-corrected chi connectivity index (χ3v) is 8.43. The Morgan fingerprint density at radius 3 is 1.58 bits per heavy atom. The van der Waals surface area contributed by atoms with E-state index in [0.717, 1.165) is 32.1 Å². The number of phosphoric acid groups is 1. The van der Waals surface area contributed by atoms with Crippen LogP contribution < -0.4 is 0 Å². The largest absolute Gasteiger partial charge is 0.472 e. The smallest absolute Gasteiger partial charge is 0.462 e. The fourth-order valence-electron chi connectivity index (χ4n) is 4.73. The number of ether oxygens (including phenoxy) is 2. The minimum Gasteiger partial charge on any atom is -0.462 e. The zero-order valence-electron chi connectivity index (χ0n) is 25.8. The van der Waals surface area contributed by atoms with Crippen molar-refractivity contribution >= 4 is 19.8 Å². The van der Waals surface area contributed by atoms with Crippen LogP contribution in [0.3, 0.4) is 0 Å². The van der Waals surface area contributed by atoms with Crippen molar-refractivity contribution in [2.45, 2.75) is 159 Å². The fraction of sp³-hybridized carbons (Fsp3) is 0.931. The van der Waals surface area contributed by atoms with Crippen molar-refractivity contribution in [2.75, 3.05) is 13.2 Å². The van der Waals surface area contributed by atoms with Gasteiger partial charge >= 0.3 is 19.8 Å². The molecule has 0 bridgehead atoms. The Morgan fingerprint density at radius 1 is 0.628 bits per heavy atom. The molecule has 13 nitrogen and oxygen atoms in total. The lowest BCUT2D eigenvalue weighted by Crippen LogP contribution is -2.64. The van der Waals surface area contributed by atoms with Crippen molar-refractivity contribution in [1.82, 2.24) is 0 Å². The highest BCUT2D eigenvalue weighted by Gasteiger charge is 2.51. The van der Waals surface area contributed by atoms with Gasteiger partial charge in [0.15, 0.2) is 6.10 Å². The molecule has 1 rings (SSSR count). The topological polar surface area (TPSA) is 210 Å². The van der Waals surface area contributed by atoms with Gasteiger partial charge in [-0.1, -0.05) is 90.9 Å². The maximum atomic E-state index is 12.5. The van der Waals surface area contributed by atoms with Crippen molar-refractivity contribution < 1.29 is 63.1 Å². The second-order valence-electron chi connectivity index (χ2n) is 11.3. The number of aliphatic hydroxyl groups excluding tert-OH is 5. The summed E-state index contributed by atoms with van der Waals surface area (Å²) in [5.74, 6) is -1.14. The van der Waals surface area contributed by atoms with Crippen LogP contribution >= 0.6 is 7.82 Å². The minimum atomic E-state index is -5.08. The van der Waals surface area contributed by atoms with E-state index < -0.39 is 75.7 Å². The fourth-order valence-corrected chi connectivity index (χ4v) is 5.71. The molecule has 1 aliphatic carbocycles. The number of unbranched alkanes of at least 4 members (excludes halogenated alkanes) is 12. The van der Waals surface area contributed by atoms with Crippen LogP contribution in [0.5, 0.6) is 0 Å². The molecule has 0 aromatic carbocycles. The number of rotatable bonds is 24. The lowest BCUT2D eigenvalue weighted by Gasteiger charge is -2.41. The summed E-state index contributed by atoms with van der Waals surface area (Å²) in [4.78, 5) is 34.6. The van der Waals surface area contributed by atoms with Gasteiger partial charge in [-0.2, -0.15) is 0 Å². The third-order valence-electron chi connectivity index (χ3n) is 7.45. The van der Waals surface area contributed by atoms with Crippen LogP contribution in [0.1, 0.15) is 117 Å². The molecule has 0 heterocycles. The summed E-state index contributed by atoms with van der Waals surface area (Å²) in [5.41, 5.74) is 0. The van der Waals surface area contributed by atoms with E-state index in [4.69, 9.17) is 18.5 Å². The van der Waals surface area contributed by atoms with Crippen LogP contribution in [0.4, 0.5) is 0 Å². The predicted molar refractivity (Wildman–Crippen MR) is 157 cm³/mol. The molecule has 43 heavy (non-hydrogen) atoms. The zero-order chi connectivity index (χ0) is 32.3. The Kier molecular flexibility index (Phi) is 20.7. The summed E-state index contributed by atoms with van der Waals surface area (Å²) in [6.07, 6.45) is 2.06. The van der Waals surface area contributed by atoms with E-state index in [1.165, 1.54) is 44.9 Å². The standard InChI is InChI=1S/C29H55O13P/c1-3-5-7-8-9-10-11-12-13-14-15-16-18-23(31)41-21(19-39-22(30)17-6-4-2)20-40-43(37,38)42-29-27(35)25(33)24(32)26(34)28(29)36/h21,24-29,32-36H,3-20H2,1-2H3,(H,37,38). The zero-order valence-corrected chi connectivity index (χ0v) is 26.7. The predicted octanol–water partition coefficient (Wildman–Crippen LogP) is 3.04. The van der Waals surface area contributed by atoms with Crippen molar-refractivity contribution in [3.05, 3.63) is 0 Å². The van der Waals surface area contributed by atoms with Crippen molar-refractivity contribution in [3.63, 3.8) is 0 Å². The van der Waals surface area contributed by atoms with E-state index in [2.05, 4.69) is 6.92 Å². The Bertz CT molecular complexity index is 797. The lowest BCUT2D eigenvalue weighted by molar-refractivity contribution is -0.220. The summed E-state index contributed by atoms with van der Waals surface area (Å²) in [7, 11) is -5.08. The van der Waals surface area contributed by atoms with E-state index in [1.807, 2.05) is 6.92 Å². The van der Waals surface area contributed by atoms with Gasteiger partial charge in [-0.05, 0) is 12.8 Å². The van der Waals surface area contributed by atoms with Gasteiger partial charge in [-0.15, -0.1) is 0 Å². The van der Waals surface area contributed by atoms with Gasteiger partial charge in [0.1, 0.15) is 43.2 Å². The number of carbonyl (C=O) groups excluding carboxylic acids is 2. The lowest BCUT2D eigenvalue weighted by atomic mass is 9.85. The average Bonchev–Trinajstić information content (AvgIpc) is 2.98. The number of phosphoric ester groups is 1. The van der Waals surface area contributed by atoms with Crippen LogP contribution in [-0.2, 0) is 32.7 Å². The van der Waals surface area contributed by atoms with Crippen molar-refractivity contribution in [1.29, 1.82) is 0 Å². The Labute approximate surface area is 255 Å². The number of carbonyl (C=O) groups is 2. The molecule has 0 amide bonds. The molecule has 0 spiro atoms. The van der Waals surface area contributed by atoms with E-state index in [1.54, 1.807) is 0 Å². The molecule has 1 aliphatic rings. The minimum absolute atomic E-state index is 0.101. The molecule has 14 heteroatoms. The molecule has 6 atom stereocenters. The molecule has 0 aromatic heterocycles. The van der Waals surface area contributed by atoms with Crippen LogP contribution in [-0.4, -0.2) is 98.3 Å². The highest BCUT2D eigenvalue weighted by molar-refractivity contribution is 7.47. The van der Waals surface area contributed by atoms with Crippen LogP contribution in [0.15, 0.2) is 0 Å². The molecular weight excluding hydrogens is 587 g/mol. The van der Waals surface area contributed by atoms with Gasteiger partial charge in [-0.25, -0.2) is 4.57 Å². The van der Waals surface area contributed by atoms with Gasteiger partial charge in [-0.3, -0.25) is 18.6 Å². The molecular formula is C29H55O13P. The Balaban J connectivity index is 2.52.